The Balaban J connectivity index is 1.66. The molecular weight excluding hydrogens is 272 g/mol. The number of aromatic nitrogens is 1. The molecule has 3 nitrogen and oxygen atoms in total. The summed E-state index contributed by atoms with van der Waals surface area (Å²) in [4.78, 5) is 6.67. The number of likely N-dealkylation sites (tertiary alicyclic amines) is 1. The van der Waals surface area contributed by atoms with Gasteiger partial charge in [-0.3, -0.25) is 4.98 Å². The van der Waals surface area contributed by atoms with Crippen molar-refractivity contribution in [3.8, 4) is 11.5 Å². The molecule has 0 aliphatic carbocycles. The van der Waals surface area contributed by atoms with Gasteiger partial charge in [0.1, 0.15) is 11.5 Å². The van der Waals surface area contributed by atoms with Crippen LogP contribution in [0.3, 0.4) is 0 Å². The zero-order valence-corrected chi connectivity index (χ0v) is 13.0. The van der Waals surface area contributed by atoms with Gasteiger partial charge in [-0.15, -0.1) is 0 Å². The molecule has 2 aromatic rings. The third kappa shape index (κ3) is 4.18. The highest BCUT2D eigenvalue weighted by atomic mass is 16.5. The van der Waals surface area contributed by atoms with E-state index in [0.29, 0.717) is 5.92 Å². The van der Waals surface area contributed by atoms with Crippen LogP contribution in [0.4, 0.5) is 0 Å². The number of para-hydroxylation sites is 1. The van der Waals surface area contributed by atoms with E-state index < -0.39 is 0 Å². The molecule has 1 aromatic heterocycles. The van der Waals surface area contributed by atoms with Crippen LogP contribution >= 0.6 is 0 Å². The van der Waals surface area contributed by atoms with Crippen LogP contribution in [0.2, 0.25) is 0 Å². The highest BCUT2D eigenvalue weighted by Gasteiger charge is 2.14. The molecule has 114 valence electrons. The SMILES string of the molecule is CN1CCC[C@@H](/C=C/c2cncc(Oc3ccccc3)c2)C1. The fraction of sp³-hybridized carbons (Fsp3) is 0.316. The molecule has 1 aromatic carbocycles. The quantitative estimate of drug-likeness (QED) is 0.844. The standard InChI is InChI=1S/C19H22N2O/c1-21-11-5-6-16(15-21)9-10-17-12-19(14-20-13-17)22-18-7-3-2-4-8-18/h2-4,7-10,12-14,16H,5-6,11,15H2,1H3/b10-9+/t16-/m0/s1. The van der Waals surface area contributed by atoms with Crippen molar-refractivity contribution in [2.24, 2.45) is 5.92 Å². The van der Waals surface area contributed by atoms with E-state index in [4.69, 9.17) is 4.74 Å². The molecule has 1 aliphatic heterocycles. The Kier molecular flexibility index (Phi) is 4.86. The maximum Gasteiger partial charge on any atom is 0.146 e. The largest absolute Gasteiger partial charge is 0.456 e. The summed E-state index contributed by atoms with van der Waals surface area (Å²) in [6.45, 7) is 2.36. The molecule has 0 N–H and O–H groups in total. The van der Waals surface area contributed by atoms with E-state index in [-0.39, 0.29) is 0 Å². The van der Waals surface area contributed by atoms with Gasteiger partial charge in [0.15, 0.2) is 0 Å². The molecule has 2 heterocycles. The summed E-state index contributed by atoms with van der Waals surface area (Å²) in [6, 6.07) is 11.8. The summed E-state index contributed by atoms with van der Waals surface area (Å²) >= 11 is 0. The zero-order chi connectivity index (χ0) is 15.2. The number of nitrogens with zero attached hydrogens (tertiary/aromatic N) is 2. The average Bonchev–Trinajstić information content (AvgIpc) is 2.54. The molecule has 1 fully saturated rings. The smallest absolute Gasteiger partial charge is 0.146 e. The van der Waals surface area contributed by atoms with Crippen LogP contribution in [0.5, 0.6) is 11.5 Å². The summed E-state index contributed by atoms with van der Waals surface area (Å²) in [6.07, 6.45) is 10.6. The minimum atomic E-state index is 0.637. The lowest BCUT2D eigenvalue weighted by Crippen LogP contribution is -2.30. The number of hydrogen-bond donors (Lipinski definition) is 0. The van der Waals surface area contributed by atoms with Gasteiger partial charge in [0.25, 0.3) is 0 Å². The van der Waals surface area contributed by atoms with Crippen LogP contribution in [-0.4, -0.2) is 30.0 Å². The van der Waals surface area contributed by atoms with Gasteiger partial charge < -0.3 is 9.64 Å². The molecule has 1 aliphatic rings. The van der Waals surface area contributed by atoms with Crippen LogP contribution < -0.4 is 4.74 Å². The van der Waals surface area contributed by atoms with E-state index in [1.807, 2.05) is 42.6 Å². The Bertz CT molecular complexity index is 624. The third-order valence-corrected chi connectivity index (χ3v) is 3.93. The minimum absolute atomic E-state index is 0.637. The number of benzene rings is 1. The van der Waals surface area contributed by atoms with Crippen molar-refractivity contribution >= 4 is 6.08 Å². The molecule has 0 spiro atoms. The first kappa shape index (κ1) is 14.8. The topological polar surface area (TPSA) is 25.4 Å². The van der Waals surface area contributed by atoms with Gasteiger partial charge >= 0.3 is 0 Å². The monoisotopic (exact) mass is 294 g/mol. The van der Waals surface area contributed by atoms with E-state index in [1.54, 1.807) is 6.20 Å². The van der Waals surface area contributed by atoms with Gasteiger partial charge in [-0.05, 0) is 56.1 Å². The van der Waals surface area contributed by atoms with Gasteiger partial charge in [0, 0.05) is 12.7 Å². The Morgan fingerprint density at radius 3 is 2.86 bits per heavy atom. The van der Waals surface area contributed by atoms with Crippen molar-refractivity contribution in [3.63, 3.8) is 0 Å². The van der Waals surface area contributed by atoms with Gasteiger partial charge in [-0.25, -0.2) is 0 Å². The maximum absolute atomic E-state index is 5.82. The van der Waals surface area contributed by atoms with Gasteiger partial charge in [0.05, 0.1) is 6.20 Å². The second-order valence-electron chi connectivity index (χ2n) is 5.89. The number of piperidine rings is 1. The third-order valence-electron chi connectivity index (χ3n) is 3.93. The van der Waals surface area contributed by atoms with Crippen molar-refractivity contribution in [2.45, 2.75) is 12.8 Å². The number of ether oxygens (including phenoxy) is 1. The normalized spacial score (nSPS) is 19.4. The fourth-order valence-corrected chi connectivity index (χ4v) is 2.82. The van der Waals surface area contributed by atoms with E-state index in [1.165, 1.54) is 19.4 Å². The van der Waals surface area contributed by atoms with Crippen molar-refractivity contribution in [2.75, 3.05) is 20.1 Å². The average molecular weight is 294 g/mol. The Morgan fingerprint density at radius 2 is 2.05 bits per heavy atom. The lowest BCUT2D eigenvalue weighted by Gasteiger charge is -2.27. The molecule has 0 unspecified atom stereocenters. The molecule has 0 saturated carbocycles. The molecule has 1 saturated heterocycles. The summed E-state index contributed by atoms with van der Waals surface area (Å²) < 4.78 is 5.82. The summed E-state index contributed by atoms with van der Waals surface area (Å²) in [5.41, 5.74) is 1.08. The van der Waals surface area contributed by atoms with E-state index in [2.05, 4.69) is 29.1 Å². The minimum Gasteiger partial charge on any atom is -0.456 e. The van der Waals surface area contributed by atoms with Crippen molar-refractivity contribution in [1.82, 2.24) is 9.88 Å². The van der Waals surface area contributed by atoms with Gasteiger partial charge in [0.2, 0.25) is 0 Å². The molecule has 0 bridgehead atoms. The van der Waals surface area contributed by atoms with Crippen molar-refractivity contribution in [1.29, 1.82) is 0 Å². The number of rotatable bonds is 4. The number of pyridine rings is 1. The molecule has 3 rings (SSSR count). The van der Waals surface area contributed by atoms with Crippen LogP contribution in [0, 0.1) is 5.92 Å². The Morgan fingerprint density at radius 1 is 1.18 bits per heavy atom. The first-order valence-corrected chi connectivity index (χ1v) is 7.84. The molecule has 0 amide bonds. The highest BCUT2D eigenvalue weighted by Crippen LogP contribution is 2.22. The Labute approximate surface area is 132 Å². The maximum atomic E-state index is 5.82. The second-order valence-corrected chi connectivity index (χ2v) is 5.89. The second kappa shape index (κ2) is 7.23. The summed E-state index contributed by atoms with van der Waals surface area (Å²) in [5.74, 6) is 2.24. The Hall–Kier alpha value is -2.13. The van der Waals surface area contributed by atoms with Crippen molar-refractivity contribution in [3.05, 3.63) is 60.4 Å². The van der Waals surface area contributed by atoms with Crippen LogP contribution in [0.15, 0.2) is 54.9 Å². The van der Waals surface area contributed by atoms with Crippen LogP contribution in [-0.2, 0) is 0 Å². The summed E-state index contributed by atoms with van der Waals surface area (Å²) in [5, 5.41) is 0. The first-order chi connectivity index (χ1) is 10.8. The molecule has 22 heavy (non-hydrogen) atoms. The predicted molar refractivity (Wildman–Crippen MR) is 90.0 cm³/mol. The van der Waals surface area contributed by atoms with E-state index in [9.17, 15) is 0 Å². The lowest BCUT2D eigenvalue weighted by molar-refractivity contribution is 0.238. The van der Waals surface area contributed by atoms with Crippen LogP contribution in [0.25, 0.3) is 6.08 Å². The predicted octanol–water partition coefficient (Wildman–Crippen LogP) is 4.23. The fourth-order valence-electron chi connectivity index (χ4n) is 2.82. The molecule has 3 heteroatoms. The molecular formula is C19H22N2O. The molecule has 1 atom stereocenters. The van der Waals surface area contributed by atoms with Gasteiger partial charge in [-0.1, -0.05) is 30.4 Å². The zero-order valence-electron chi connectivity index (χ0n) is 13.0. The van der Waals surface area contributed by atoms with Crippen molar-refractivity contribution < 1.29 is 4.74 Å². The first-order valence-electron chi connectivity index (χ1n) is 7.84. The summed E-state index contributed by atoms with van der Waals surface area (Å²) in [7, 11) is 2.19. The van der Waals surface area contributed by atoms with E-state index in [0.717, 1.165) is 23.6 Å². The highest BCUT2D eigenvalue weighted by molar-refractivity contribution is 5.50. The van der Waals surface area contributed by atoms with Gasteiger partial charge in [-0.2, -0.15) is 0 Å². The number of hydrogen-bond acceptors (Lipinski definition) is 3. The molecule has 0 radical (unpaired) electrons. The lowest BCUT2D eigenvalue weighted by atomic mass is 9.97. The van der Waals surface area contributed by atoms with E-state index >= 15 is 0 Å². The van der Waals surface area contributed by atoms with Crippen LogP contribution in [0.1, 0.15) is 18.4 Å².